The average Bonchev–Trinajstić information content (AvgIpc) is 2.83. The number of carbonyl (C=O) groups is 1. The van der Waals surface area contributed by atoms with Gasteiger partial charge in [-0.15, -0.1) is 0 Å². The zero-order chi connectivity index (χ0) is 27.9. The van der Waals surface area contributed by atoms with Gasteiger partial charge in [-0.25, -0.2) is 4.79 Å². The van der Waals surface area contributed by atoms with E-state index in [9.17, 15) is 28.2 Å². The van der Waals surface area contributed by atoms with Gasteiger partial charge in [-0.1, -0.05) is 58.2 Å². The summed E-state index contributed by atoms with van der Waals surface area (Å²) in [6.45, 7) is 6.86. The maximum absolute atomic E-state index is 14.4. The Balaban J connectivity index is 1.67. The summed E-state index contributed by atoms with van der Waals surface area (Å²) in [6.07, 6.45) is 2.35. The third-order valence-electron chi connectivity index (χ3n) is 8.80. The first-order valence-electron chi connectivity index (χ1n) is 13.6. The second-order valence-corrected chi connectivity index (χ2v) is 12.7. The van der Waals surface area contributed by atoms with Crippen LogP contribution in [0, 0.1) is 10.8 Å². The fourth-order valence-electron chi connectivity index (χ4n) is 6.71. The summed E-state index contributed by atoms with van der Waals surface area (Å²) in [4.78, 5) is 11.6. The standard InChI is InChI=1S/C30H40F3NO4/c1-27(2,3)25(35)28(4,34-26(36)37)20-9-10-22-19(18-20)8-11-23(24(22)30(31,32)33)38-21-12-16-29(17-13-21)14-6-5-7-15-29/h8-11,18,21,25,34-35H,5-7,12-17H2,1-4H3,(H,36,37)/t25?,28-/m1/s1. The van der Waals surface area contributed by atoms with Gasteiger partial charge in [-0.05, 0) is 84.7 Å². The molecular weight excluding hydrogens is 495 g/mol. The van der Waals surface area contributed by atoms with E-state index in [-0.39, 0.29) is 17.2 Å². The van der Waals surface area contributed by atoms with E-state index in [4.69, 9.17) is 4.74 Å². The summed E-state index contributed by atoms with van der Waals surface area (Å²) in [7, 11) is 0. The molecular formula is C30H40F3NO4. The van der Waals surface area contributed by atoms with E-state index in [0.29, 0.717) is 16.4 Å². The first kappa shape index (κ1) is 28.5. The van der Waals surface area contributed by atoms with E-state index in [1.165, 1.54) is 56.4 Å². The Kier molecular flexibility index (Phi) is 7.69. The normalized spacial score (nSPS) is 21.2. The molecule has 1 spiro atoms. The monoisotopic (exact) mass is 535 g/mol. The molecule has 38 heavy (non-hydrogen) atoms. The molecule has 2 atom stereocenters. The number of amides is 1. The van der Waals surface area contributed by atoms with Crippen molar-refractivity contribution in [1.82, 2.24) is 5.32 Å². The highest BCUT2D eigenvalue weighted by atomic mass is 19.4. The number of halogens is 3. The van der Waals surface area contributed by atoms with Crippen LogP contribution < -0.4 is 10.1 Å². The molecule has 0 heterocycles. The Bertz CT molecular complexity index is 1160. The molecule has 3 N–H and O–H groups in total. The smallest absolute Gasteiger partial charge is 0.420 e. The Morgan fingerprint density at radius 3 is 2.18 bits per heavy atom. The third kappa shape index (κ3) is 5.75. The molecule has 0 aliphatic heterocycles. The fourth-order valence-corrected chi connectivity index (χ4v) is 6.71. The van der Waals surface area contributed by atoms with Gasteiger partial charge >= 0.3 is 12.3 Å². The molecule has 1 unspecified atom stereocenters. The lowest BCUT2D eigenvalue weighted by atomic mass is 9.65. The fraction of sp³-hybridized carbons (Fsp3) is 0.633. The topological polar surface area (TPSA) is 78.8 Å². The first-order valence-corrected chi connectivity index (χ1v) is 13.6. The number of fused-ring (bicyclic) bond motifs is 1. The number of hydrogen-bond donors (Lipinski definition) is 3. The van der Waals surface area contributed by atoms with Crippen molar-refractivity contribution in [3.63, 3.8) is 0 Å². The molecule has 5 nitrogen and oxygen atoms in total. The number of carboxylic acid groups (broad SMARTS) is 1. The zero-order valence-electron chi connectivity index (χ0n) is 22.8. The molecule has 0 aromatic heterocycles. The quantitative estimate of drug-likeness (QED) is 0.362. The Hall–Kier alpha value is -2.48. The van der Waals surface area contributed by atoms with Gasteiger partial charge in [-0.3, -0.25) is 0 Å². The molecule has 4 rings (SSSR count). The highest BCUT2D eigenvalue weighted by Crippen LogP contribution is 2.49. The molecule has 0 radical (unpaired) electrons. The molecule has 2 fully saturated rings. The predicted molar refractivity (Wildman–Crippen MR) is 141 cm³/mol. The lowest BCUT2D eigenvalue weighted by Crippen LogP contribution is -2.55. The Morgan fingerprint density at radius 2 is 1.63 bits per heavy atom. The minimum atomic E-state index is -4.64. The number of alkyl halides is 3. The molecule has 2 aliphatic carbocycles. The lowest BCUT2D eigenvalue weighted by molar-refractivity contribution is -0.138. The molecule has 2 saturated carbocycles. The van der Waals surface area contributed by atoms with Crippen molar-refractivity contribution in [2.75, 3.05) is 0 Å². The molecule has 0 bridgehead atoms. The summed E-state index contributed by atoms with van der Waals surface area (Å²) < 4.78 is 49.2. The summed E-state index contributed by atoms with van der Waals surface area (Å²) in [6, 6.07) is 7.30. The minimum Gasteiger partial charge on any atom is -0.490 e. The number of aliphatic hydroxyl groups is 1. The number of aliphatic hydroxyl groups excluding tert-OH is 1. The van der Waals surface area contributed by atoms with Crippen molar-refractivity contribution in [1.29, 1.82) is 0 Å². The van der Waals surface area contributed by atoms with Crippen LogP contribution in [0.5, 0.6) is 5.75 Å². The molecule has 210 valence electrons. The van der Waals surface area contributed by atoms with Crippen LogP contribution in [-0.4, -0.2) is 28.5 Å². The van der Waals surface area contributed by atoms with Crippen LogP contribution in [-0.2, 0) is 11.7 Å². The van der Waals surface area contributed by atoms with Crippen LogP contribution >= 0.6 is 0 Å². The van der Waals surface area contributed by atoms with E-state index in [1.807, 2.05) is 0 Å². The number of hydrogen-bond acceptors (Lipinski definition) is 3. The van der Waals surface area contributed by atoms with Crippen molar-refractivity contribution in [2.24, 2.45) is 10.8 Å². The van der Waals surface area contributed by atoms with E-state index < -0.39 is 34.9 Å². The van der Waals surface area contributed by atoms with Gasteiger partial charge in [0.2, 0.25) is 0 Å². The zero-order valence-corrected chi connectivity index (χ0v) is 22.8. The summed E-state index contributed by atoms with van der Waals surface area (Å²) in [5.74, 6) is -0.163. The maximum atomic E-state index is 14.4. The van der Waals surface area contributed by atoms with Gasteiger partial charge in [0.05, 0.1) is 17.7 Å². The van der Waals surface area contributed by atoms with Crippen molar-refractivity contribution in [3.8, 4) is 5.75 Å². The van der Waals surface area contributed by atoms with Crippen molar-refractivity contribution >= 4 is 16.9 Å². The van der Waals surface area contributed by atoms with Gasteiger partial charge in [0.1, 0.15) is 11.3 Å². The molecule has 2 aliphatic rings. The predicted octanol–water partition coefficient (Wildman–Crippen LogP) is 8.02. The van der Waals surface area contributed by atoms with Crippen molar-refractivity contribution in [2.45, 2.75) is 109 Å². The minimum absolute atomic E-state index is 0.0127. The van der Waals surface area contributed by atoms with E-state index in [0.717, 1.165) is 25.7 Å². The first-order chi connectivity index (χ1) is 17.6. The number of ether oxygens (including phenoxy) is 1. The number of rotatable bonds is 5. The third-order valence-corrected chi connectivity index (χ3v) is 8.80. The van der Waals surface area contributed by atoms with Crippen LogP contribution in [0.4, 0.5) is 18.0 Å². The molecule has 2 aromatic rings. The number of nitrogens with one attached hydrogen (secondary N) is 1. The molecule has 0 saturated heterocycles. The SMILES string of the molecule is CC(C)(C)C(O)[C@](C)(NC(=O)O)c1ccc2c(C(F)(F)F)c(OC3CCC4(CCCCC4)CC3)ccc2c1. The second-order valence-electron chi connectivity index (χ2n) is 12.7. The van der Waals surface area contributed by atoms with Crippen molar-refractivity contribution in [3.05, 3.63) is 41.5 Å². The lowest BCUT2D eigenvalue weighted by Gasteiger charge is -2.43. The summed E-state index contributed by atoms with van der Waals surface area (Å²) in [5, 5.41) is 23.2. The van der Waals surface area contributed by atoms with Crippen LogP contribution in [0.25, 0.3) is 10.8 Å². The Labute approximate surface area is 222 Å². The van der Waals surface area contributed by atoms with Crippen LogP contribution in [0.15, 0.2) is 30.3 Å². The van der Waals surface area contributed by atoms with E-state index >= 15 is 0 Å². The second kappa shape index (κ2) is 10.2. The largest absolute Gasteiger partial charge is 0.490 e. The van der Waals surface area contributed by atoms with Gasteiger partial charge in [-0.2, -0.15) is 13.2 Å². The highest BCUT2D eigenvalue weighted by Gasteiger charge is 2.44. The van der Waals surface area contributed by atoms with E-state index in [2.05, 4.69) is 5.32 Å². The molecule has 8 heteroatoms. The van der Waals surface area contributed by atoms with Crippen LogP contribution in [0.3, 0.4) is 0 Å². The van der Waals surface area contributed by atoms with Crippen molar-refractivity contribution < 1.29 is 32.9 Å². The van der Waals surface area contributed by atoms with Crippen LogP contribution in [0.2, 0.25) is 0 Å². The molecule has 1 amide bonds. The van der Waals surface area contributed by atoms with Gasteiger partial charge < -0.3 is 20.3 Å². The molecule has 2 aromatic carbocycles. The highest BCUT2D eigenvalue weighted by molar-refractivity contribution is 5.89. The number of benzene rings is 2. The maximum Gasteiger partial charge on any atom is 0.420 e. The summed E-state index contributed by atoms with van der Waals surface area (Å²) >= 11 is 0. The van der Waals surface area contributed by atoms with Gasteiger partial charge in [0.25, 0.3) is 0 Å². The van der Waals surface area contributed by atoms with Crippen LogP contribution in [0.1, 0.15) is 96.6 Å². The van der Waals surface area contributed by atoms with E-state index in [1.54, 1.807) is 33.8 Å². The summed E-state index contributed by atoms with van der Waals surface area (Å²) in [5.41, 5.74) is -2.23. The average molecular weight is 536 g/mol. The Morgan fingerprint density at radius 1 is 1.00 bits per heavy atom. The van der Waals surface area contributed by atoms with Gasteiger partial charge in [0, 0.05) is 0 Å². The van der Waals surface area contributed by atoms with Gasteiger partial charge in [0.15, 0.2) is 0 Å².